The topological polar surface area (TPSA) is 124 Å². The molecule has 45 heavy (non-hydrogen) atoms. The van der Waals surface area contributed by atoms with Gasteiger partial charge in [0, 0.05) is 36.9 Å². The molecule has 10 nitrogen and oxygen atoms in total. The number of fused-ring (bicyclic) bond motifs is 1. The fourth-order valence-electron chi connectivity index (χ4n) is 6.32. The normalized spacial score (nSPS) is 22.0. The van der Waals surface area contributed by atoms with Gasteiger partial charge >= 0.3 is 5.97 Å². The quantitative estimate of drug-likeness (QED) is 0.334. The molecule has 2 atom stereocenters. The lowest BCUT2D eigenvalue weighted by atomic mass is 9.87. The Balaban J connectivity index is 1.25. The first-order valence-electron chi connectivity index (χ1n) is 14.9. The second-order valence-corrected chi connectivity index (χ2v) is 14.7. The molecule has 2 fully saturated rings. The molecule has 0 spiro atoms. The van der Waals surface area contributed by atoms with Crippen LogP contribution in [0.15, 0.2) is 42.6 Å². The third-order valence-corrected chi connectivity index (χ3v) is 10.8. The van der Waals surface area contributed by atoms with Crippen molar-refractivity contribution in [1.29, 1.82) is 0 Å². The number of nitrogens with zero attached hydrogens (tertiary/aromatic N) is 2. The number of rotatable bonds is 9. The van der Waals surface area contributed by atoms with E-state index in [0.29, 0.717) is 31.2 Å². The fraction of sp³-hybridized carbons (Fsp3) is 0.469. The van der Waals surface area contributed by atoms with Crippen LogP contribution in [0.2, 0.25) is 5.02 Å². The van der Waals surface area contributed by atoms with Crippen LogP contribution in [0.25, 0.3) is 10.9 Å². The van der Waals surface area contributed by atoms with Gasteiger partial charge in [-0.2, -0.15) is 0 Å². The molecule has 13 heteroatoms. The maximum absolute atomic E-state index is 15.3. The molecule has 242 valence electrons. The Bertz CT molecular complexity index is 1720. The van der Waals surface area contributed by atoms with Crippen LogP contribution in [-0.4, -0.2) is 79.6 Å². The summed E-state index contributed by atoms with van der Waals surface area (Å²) in [6, 6.07) is 9.29. The summed E-state index contributed by atoms with van der Waals surface area (Å²) in [7, 11) is -0.250. The van der Waals surface area contributed by atoms with Crippen LogP contribution in [-0.2, 0) is 42.4 Å². The first-order chi connectivity index (χ1) is 21.3. The van der Waals surface area contributed by atoms with Crippen LogP contribution in [0.5, 0.6) is 0 Å². The fourth-order valence-corrected chi connectivity index (χ4v) is 7.56. The molecule has 2 heterocycles. The lowest BCUT2D eigenvalue weighted by molar-refractivity contribution is -0.148. The molecule has 0 radical (unpaired) electrons. The molecule has 3 aromatic rings. The molecule has 2 aromatic carbocycles. The molecule has 1 saturated heterocycles. The number of aromatic nitrogens is 1. The van der Waals surface area contributed by atoms with Gasteiger partial charge in [-0.05, 0) is 55.9 Å². The Morgan fingerprint density at radius 1 is 1.11 bits per heavy atom. The molecule has 1 aliphatic carbocycles. The van der Waals surface area contributed by atoms with Crippen molar-refractivity contribution in [3.05, 3.63) is 64.6 Å². The summed E-state index contributed by atoms with van der Waals surface area (Å²) in [6.45, 7) is 0.114. The number of sulfone groups is 1. The van der Waals surface area contributed by atoms with E-state index >= 15 is 4.39 Å². The Labute approximate surface area is 266 Å². The van der Waals surface area contributed by atoms with E-state index in [9.17, 15) is 22.8 Å². The third kappa shape index (κ3) is 7.34. The first-order valence-corrected chi connectivity index (χ1v) is 17.2. The Hall–Kier alpha value is -3.48. The van der Waals surface area contributed by atoms with E-state index in [2.05, 4.69) is 5.32 Å². The second kappa shape index (κ2) is 13.5. The molecule has 1 N–H and O–H groups in total. The van der Waals surface area contributed by atoms with Crippen LogP contribution in [0.4, 0.5) is 10.1 Å². The van der Waals surface area contributed by atoms with Gasteiger partial charge in [-0.1, -0.05) is 29.8 Å². The molecule has 5 rings (SSSR count). The van der Waals surface area contributed by atoms with E-state index in [1.54, 1.807) is 6.20 Å². The molecule has 2 amide bonds. The number of amides is 2. The van der Waals surface area contributed by atoms with Gasteiger partial charge in [-0.15, -0.1) is 0 Å². The average molecular weight is 662 g/mol. The van der Waals surface area contributed by atoms with Crippen molar-refractivity contribution in [3.8, 4) is 0 Å². The highest BCUT2D eigenvalue weighted by atomic mass is 35.5. The molecule has 1 aromatic heterocycles. The predicted molar refractivity (Wildman–Crippen MR) is 168 cm³/mol. The minimum atomic E-state index is -3.44. The van der Waals surface area contributed by atoms with Crippen LogP contribution in [0.1, 0.15) is 48.0 Å². The summed E-state index contributed by atoms with van der Waals surface area (Å²) in [4.78, 5) is 39.8. The van der Waals surface area contributed by atoms with E-state index in [0.717, 1.165) is 23.2 Å². The van der Waals surface area contributed by atoms with Crippen LogP contribution >= 0.6 is 11.6 Å². The maximum Gasteiger partial charge on any atom is 0.308 e. The number of methoxy groups -OCH3 is 1. The summed E-state index contributed by atoms with van der Waals surface area (Å²) in [5, 5.41) is 2.71. The number of likely N-dealkylation sites (tertiary alicyclic amines) is 1. The van der Waals surface area contributed by atoms with E-state index in [4.69, 9.17) is 21.1 Å². The van der Waals surface area contributed by atoms with Crippen LogP contribution < -0.4 is 5.32 Å². The summed E-state index contributed by atoms with van der Waals surface area (Å²) in [5.74, 6) is -2.03. The number of hydrogen-bond acceptors (Lipinski definition) is 7. The van der Waals surface area contributed by atoms with Gasteiger partial charge in [0.2, 0.25) is 5.91 Å². The Kier molecular flexibility index (Phi) is 9.85. The molecule has 1 saturated carbocycles. The number of benzene rings is 2. The highest BCUT2D eigenvalue weighted by Crippen LogP contribution is 2.31. The number of anilines is 1. The number of para-hydroxylation sites is 1. The molecular weight excluding hydrogens is 625 g/mol. The van der Waals surface area contributed by atoms with Gasteiger partial charge in [0.25, 0.3) is 5.91 Å². The van der Waals surface area contributed by atoms with E-state index in [1.807, 2.05) is 35.9 Å². The summed E-state index contributed by atoms with van der Waals surface area (Å²) >= 11 is 6.45. The second-order valence-electron chi connectivity index (χ2n) is 11.9. The molecule has 0 unspecified atom stereocenters. The van der Waals surface area contributed by atoms with E-state index < -0.39 is 38.8 Å². The zero-order chi connectivity index (χ0) is 32.5. The maximum atomic E-state index is 15.3. The van der Waals surface area contributed by atoms with Crippen molar-refractivity contribution in [3.63, 3.8) is 0 Å². The van der Waals surface area contributed by atoms with Gasteiger partial charge in [-0.25, -0.2) is 12.8 Å². The SMILES string of the molecule is COC(=O)[C@H]1CC[C@H](OC[C@@H]2C[C@H](S(C)(=O)=O)CN2C(=O)Cc2cc(Cl)c(NC(=O)c3cn(C)c4ccccc34)cc2F)CC1. The molecule has 0 bridgehead atoms. The molecular formula is C32H37ClFN3O7S. The first kappa shape index (κ1) is 32.9. The smallest absolute Gasteiger partial charge is 0.308 e. The summed E-state index contributed by atoms with van der Waals surface area (Å²) in [5.41, 5.74) is 1.36. The minimum absolute atomic E-state index is 0.0186. The van der Waals surface area contributed by atoms with Crippen molar-refractivity contribution >= 4 is 55.8 Å². The largest absolute Gasteiger partial charge is 0.469 e. The van der Waals surface area contributed by atoms with Gasteiger partial charge in [-0.3, -0.25) is 14.4 Å². The van der Waals surface area contributed by atoms with Crippen molar-refractivity contribution in [2.45, 2.75) is 55.9 Å². The number of halogens is 2. The summed E-state index contributed by atoms with van der Waals surface area (Å²) < 4.78 is 52.9. The number of hydrogen-bond donors (Lipinski definition) is 1. The average Bonchev–Trinajstić information content (AvgIpc) is 3.60. The standard InChI is InChI=1S/C32H37ClFN3O7S/c1-36-17-25(24-6-4-5-7-29(24)36)31(39)35-28-15-27(34)20(12-26(28)33)13-30(38)37-16-23(45(3,41)42)14-21(37)18-44-22-10-8-19(9-11-22)32(40)43-2/h4-7,12,15,17,19,21-23H,8-11,13-14,16,18H2,1-3H3,(H,35,39)/t19-,21-,22-,23-/m0/s1. The Morgan fingerprint density at radius 2 is 1.82 bits per heavy atom. The highest BCUT2D eigenvalue weighted by Gasteiger charge is 2.40. The molecule has 1 aliphatic heterocycles. The zero-order valence-corrected chi connectivity index (χ0v) is 27.0. The molecule has 2 aliphatic rings. The van der Waals surface area contributed by atoms with Crippen LogP contribution in [0.3, 0.4) is 0 Å². The monoisotopic (exact) mass is 661 g/mol. The van der Waals surface area contributed by atoms with Crippen molar-refractivity contribution in [2.24, 2.45) is 13.0 Å². The lowest BCUT2D eigenvalue weighted by Gasteiger charge is -2.30. The Morgan fingerprint density at radius 3 is 2.51 bits per heavy atom. The minimum Gasteiger partial charge on any atom is -0.469 e. The summed E-state index contributed by atoms with van der Waals surface area (Å²) in [6.07, 6.45) is 5.15. The highest BCUT2D eigenvalue weighted by molar-refractivity contribution is 7.91. The lowest BCUT2D eigenvalue weighted by Crippen LogP contribution is -2.41. The van der Waals surface area contributed by atoms with E-state index in [-0.39, 0.29) is 60.3 Å². The number of nitrogens with one attached hydrogen (secondary N) is 1. The zero-order valence-electron chi connectivity index (χ0n) is 25.4. The van der Waals surface area contributed by atoms with Gasteiger partial charge in [0.15, 0.2) is 9.84 Å². The number of carbonyl (C=O) groups excluding carboxylic acids is 3. The number of aryl methyl sites for hydroxylation is 1. The van der Waals surface area contributed by atoms with E-state index in [1.165, 1.54) is 18.1 Å². The number of ether oxygens (including phenoxy) is 2. The van der Waals surface area contributed by atoms with Crippen molar-refractivity contribution in [1.82, 2.24) is 9.47 Å². The van der Waals surface area contributed by atoms with Crippen molar-refractivity contribution < 1.29 is 36.7 Å². The van der Waals surface area contributed by atoms with Gasteiger partial charge in [0.1, 0.15) is 5.82 Å². The van der Waals surface area contributed by atoms with Gasteiger partial charge in [0.05, 0.1) is 59.7 Å². The third-order valence-electron chi connectivity index (χ3n) is 8.90. The predicted octanol–water partition coefficient (Wildman–Crippen LogP) is 4.53. The number of carbonyl (C=O) groups is 3. The van der Waals surface area contributed by atoms with Gasteiger partial charge < -0.3 is 24.3 Å². The van der Waals surface area contributed by atoms with Crippen LogP contribution in [0, 0.1) is 11.7 Å². The van der Waals surface area contributed by atoms with Crippen molar-refractivity contribution in [2.75, 3.05) is 31.8 Å². The number of esters is 1.